The molecule has 0 spiro atoms. The molecule has 0 saturated heterocycles. The summed E-state index contributed by atoms with van der Waals surface area (Å²) >= 11 is 0. The molecule has 4 N–H and O–H groups in total. The fourth-order valence-electron chi connectivity index (χ4n) is 1.86. The summed E-state index contributed by atoms with van der Waals surface area (Å²) < 4.78 is 0. The maximum absolute atomic E-state index is 11.6. The summed E-state index contributed by atoms with van der Waals surface area (Å²) in [6.45, 7) is 0.193. The molecule has 1 saturated carbocycles. The van der Waals surface area contributed by atoms with Gasteiger partial charge in [0.25, 0.3) is 0 Å². The highest BCUT2D eigenvalue weighted by molar-refractivity contribution is 5.84. The Labute approximate surface area is 90.5 Å². The molecule has 0 heterocycles. The lowest BCUT2D eigenvalue weighted by molar-refractivity contribution is 0.206. The Balaban J connectivity index is 2.30. The number of rotatable bonds is 3. The van der Waals surface area contributed by atoms with Gasteiger partial charge in [-0.15, -0.1) is 0 Å². The third kappa shape index (κ3) is 4.18. The molecule has 0 aromatic carbocycles. The van der Waals surface area contributed by atoms with E-state index >= 15 is 0 Å². The second-order valence-corrected chi connectivity index (χ2v) is 4.17. The number of nitrogens with two attached hydrogens (primary N) is 1. The van der Waals surface area contributed by atoms with Crippen LogP contribution in [0.5, 0.6) is 0 Å². The Hall–Kier alpha value is -1.26. The molecule has 15 heavy (non-hydrogen) atoms. The molecule has 5 nitrogen and oxygen atoms in total. The summed E-state index contributed by atoms with van der Waals surface area (Å²) in [4.78, 5) is 13.1. The van der Waals surface area contributed by atoms with E-state index in [1.807, 2.05) is 0 Å². The molecule has 0 unspecified atom stereocenters. The molecule has 1 aliphatic carbocycles. The van der Waals surface area contributed by atoms with E-state index in [1.165, 1.54) is 24.2 Å². The summed E-state index contributed by atoms with van der Waals surface area (Å²) in [6, 6.07) is 0.178. The SMILES string of the molecule is CN(CC(=N)N)C(=O)NC1CCCCC1. The lowest BCUT2D eigenvalue weighted by Crippen LogP contribution is -2.46. The number of nitrogens with one attached hydrogen (secondary N) is 2. The quantitative estimate of drug-likeness (QED) is 0.480. The van der Waals surface area contributed by atoms with Gasteiger partial charge in [0.15, 0.2) is 0 Å². The first-order valence-electron chi connectivity index (χ1n) is 5.44. The van der Waals surface area contributed by atoms with E-state index in [0.29, 0.717) is 6.04 Å². The van der Waals surface area contributed by atoms with Crippen LogP contribution in [0.15, 0.2) is 0 Å². The van der Waals surface area contributed by atoms with Crippen LogP contribution in [0.2, 0.25) is 0 Å². The number of urea groups is 1. The minimum atomic E-state index is -0.128. The second-order valence-electron chi connectivity index (χ2n) is 4.17. The zero-order valence-electron chi connectivity index (χ0n) is 9.25. The Morgan fingerprint density at radius 3 is 2.60 bits per heavy atom. The van der Waals surface area contributed by atoms with Crippen LogP contribution in [-0.2, 0) is 0 Å². The molecule has 0 radical (unpaired) electrons. The van der Waals surface area contributed by atoms with Crippen molar-refractivity contribution < 1.29 is 4.79 Å². The lowest BCUT2D eigenvalue weighted by Gasteiger charge is -2.25. The summed E-state index contributed by atoms with van der Waals surface area (Å²) in [5.74, 6) is 0.0105. The highest BCUT2D eigenvalue weighted by Crippen LogP contribution is 2.17. The van der Waals surface area contributed by atoms with Crippen LogP contribution in [0.1, 0.15) is 32.1 Å². The predicted octanol–water partition coefficient (Wildman–Crippen LogP) is 0.896. The first-order chi connectivity index (χ1) is 7.09. The van der Waals surface area contributed by atoms with Gasteiger partial charge in [0, 0.05) is 13.1 Å². The van der Waals surface area contributed by atoms with Crippen LogP contribution in [0.3, 0.4) is 0 Å². The predicted molar refractivity (Wildman–Crippen MR) is 59.9 cm³/mol. The van der Waals surface area contributed by atoms with Gasteiger partial charge in [-0.2, -0.15) is 0 Å². The lowest BCUT2D eigenvalue weighted by atomic mass is 9.96. The van der Waals surface area contributed by atoms with Crippen LogP contribution in [0.4, 0.5) is 4.79 Å². The topological polar surface area (TPSA) is 82.2 Å². The van der Waals surface area contributed by atoms with Gasteiger partial charge < -0.3 is 16.0 Å². The van der Waals surface area contributed by atoms with Crippen molar-refractivity contribution in [3.8, 4) is 0 Å². The highest BCUT2D eigenvalue weighted by atomic mass is 16.2. The Kier molecular flexibility index (Phi) is 4.39. The van der Waals surface area contributed by atoms with E-state index < -0.39 is 0 Å². The number of nitrogens with zero attached hydrogens (tertiary/aromatic N) is 1. The molecule has 0 aliphatic heterocycles. The van der Waals surface area contributed by atoms with Crippen LogP contribution >= 0.6 is 0 Å². The minimum absolute atomic E-state index is 0.0105. The highest BCUT2D eigenvalue weighted by Gasteiger charge is 2.17. The fraction of sp³-hybridized carbons (Fsp3) is 0.800. The van der Waals surface area contributed by atoms with Gasteiger partial charge in [-0.25, -0.2) is 4.79 Å². The molecular weight excluding hydrogens is 192 g/mol. The van der Waals surface area contributed by atoms with Gasteiger partial charge >= 0.3 is 6.03 Å². The van der Waals surface area contributed by atoms with Crippen LogP contribution in [-0.4, -0.2) is 36.4 Å². The Morgan fingerprint density at radius 2 is 2.07 bits per heavy atom. The number of hydrogen-bond acceptors (Lipinski definition) is 2. The normalized spacial score (nSPS) is 17.1. The van der Waals surface area contributed by atoms with Crippen molar-refractivity contribution in [2.45, 2.75) is 38.1 Å². The van der Waals surface area contributed by atoms with E-state index in [2.05, 4.69) is 5.32 Å². The van der Waals surface area contributed by atoms with E-state index in [0.717, 1.165) is 12.8 Å². The number of carbonyl (C=O) groups excluding carboxylic acids is 1. The molecule has 0 aromatic rings. The van der Waals surface area contributed by atoms with Crippen molar-refractivity contribution in [2.24, 2.45) is 5.73 Å². The van der Waals surface area contributed by atoms with Gasteiger partial charge in [0.1, 0.15) is 5.84 Å². The van der Waals surface area contributed by atoms with Gasteiger partial charge in [0.2, 0.25) is 0 Å². The van der Waals surface area contributed by atoms with Crippen molar-refractivity contribution in [3.05, 3.63) is 0 Å². The summed E-state index contributed by atoms with van der Waals surface area (Å²) in [5, 5.41) is 10.1. The molecule has 86 valence electrons. The Bertz CT molecular complexity index is 236. The third-order valence-electron chi connectivity index (χ3n) is 2.69. The maximum Gasteiger partial charge on any atom is 0.317 e. The van der Waals surface area contributed by atoms with Crippen molar-refractivity contribution >= 4 is 11.9 Å². The monoisotopic (exact) mass is 212 g/mol. The van der Waals surface area contributed by atoms with E-state index in [4.69, 9.17) is 11.1 Å². The number of amides is 2. The molecule has 5 heteroatoms. The molecular formula is C10H20N4O. The van der Waals surface area contributed by atoms with Gasteiger partial charge in [-0.1, -0.05) is 19.3 Å². The smallest absolute Gasteiger partial charge is 0.317 e. The van der Waals surface area contributed by atoms with E-state index in [9.17, 15) is 4.79 Å². The summed E-state index contributed by atoms with van der Waals surface area (Å²) in [6.07, 6.45) is 5.80. The molecule has 1 rings (SSSR count). The number of likely N-dealkylation sites (N-methyl/N-ethyl adjacent to an activating group) is 1. The average molecular weight is 212 g/mol. The number of hydrogen-bond donors (Lipinski definition) is 3. The zero-order valence-corrected chi connectivity index (χ0v) is 9.25. The van der Waals surface area contributed by atoms with Gasteiger partial charge in [0.05, 0.1) is 6.54 Å². The molecule has 1 fully saturated rings. The molecule has 0 atom stereocenters. The van der Waals surface area contributed by atoms with Crippen molar-refractivity contribution in [3.63, 3.8) is 0 Å². The van der Waals surface area contributed by atoms with Gasteiger partial charge in [-0.3, -0.25) is 5.41 Å². The maximum atomic E-state index is 11.6. The first-order valence-corrected chi connectivity index (χ1v) is 5.44. The Morgan fingerprint density at radius 1 is 1.47 bits per heavy atom. The minimum Gasteiger partial charge on any atom is -0.386 e. The molecule has 0 bridgehead atoms. The van der Waals surface area contributed by atoms with Crippen molar-refractivity contribution in [2.75, 3.05) is 13.6 Å². The fourth-order valence-corrected chi connectivity index (χ4v) is 1.86. The third-order valence-corrected chi connectivity index (χ3v) is 2.69. The molecule has 1 aliphatic rings. The number of carbonyl (C=O) groups is 1. The second kappa shape index (κ2) is 5.58. The molecule has 0 aromatic heterocycles. The van der Waals surface area contributed by atoms with E-state index in [-0.39, 0.29) is 18.4 Å². The summed E-state index contributed by atoms with van der Waals surface area (Å²) in [5.41, 5.74) is 5.23. The average Bonchev–Trinajstić information content (AvgIpc) is 2.18. The van der Waals surface area contributed by atoms with Crippen LogP contribution < -0.4 is 11.1 Å². The summed E-state index contributed by atoms with van der Waals surface area (Å²) in [7, 11) is 1.65. The number of amidine groups is 1. The van der Waals surface area contributed by atoms with E-state index in [1.54, 1.807) is 7.05 Å². The van der Waals surface area contributed by atoms with Gasteiger partial charge in [-0.05, 0) is 12.8 Å². The first kappa shape index (κ1) is 11.8. The van der Waals surface area contributed by atoms with Crippen molar-refractivity contribution in [1.82, 2.24) is 10.2 Å². The van der Waals surface area contributed by atoms with Crippen LogP contribution in [0, 0.1) is 5.41 Å². The zero-order chi connectivity index (χ0) is 11.3. The standard InChI is InChI=1S/C10H20N4O/c1-14(7-9(11)12)10(15)13-8-5-3-2-4-6-8/h8H,2-7H2,1H3,(H3,11,12)(H,13,15). The molecule has 2 amide bonds. The van der Waals surface area contributed by atoms with Crippen LogP contribution in [0.25, 0.3) is 0 Å². The van der Waals surface area contributed by atoms with Crippen molar-refractivity contribution in [1.29, 1.82) is 5.41 Å². The largest absolute Gasteiger partial charge is 0.386 e.